The van der Waals surface area contributed by atoms with Gasteiger partial charge in [0.2, 0.25) is 5.91 Å². The molecule has 30 heavy (non-hydrogen) atoms. The SMILES string of the molecule is Cc1cc(C)c2c(CC(=O)Nc3nc(-c4ccc5ccccc5c4)cs3)noc2c1. The molecule has 0 atom stereocenters. The van der Waals surface area contributed by atoms with Crippen molar-refractivity contribution in [3.63, 3.8) is 0 Å². The number of fused-ring (bicyclic) bond motifs is 2. The summed E-state index contributed by atoms with van der Waals surface area (Å²) in [4.78, 5) is 17.2. The number of nitrogens with zero attached hydrogens (tertiary/aromatic N) is 2. The molecule has 0 fully saturated rings. The van der Waals surface area contributed by atoms with Crippen LogP contribution in [0.15, 0.2) is 64.5 Å². The molecule has 2 heterocycles. The third-order valence-corrected chi connectivity index (χ3v) is 5.87. The van der Waals surface area contributed by atoms with E-state index < -0.39 is 0 Å². The number of nitrogens with one attached hydrogen (secondary N) is 1. The molecule has 0 radical (unpaired) electrons. The smallest absolute Gasteiger partial charge is 0.232 e. The second-order valence-corrected chi connectivity index (χ2v) is 8.27. The predicted molar refractivity (Wildman–Crippen MR) is 121 cm³/mol. The Kier molecular flexibility index (Phi) is 4.56. The van der Waals surface area contributed by atoms with Gasteiger partial charge in [-0.3, -0.25) is 4.79 Å². The molecule has 0 aliphatic heterocycles. The number of aromatic nitrogens is 2. The number of hydrogen-bond donors (Lipinski definition) is 1. The Bertz CT molecular complexity index is 1400. The van der Waals surface area contributed by atoms with E-state index in [2.05, 4.69) is 51.9 Å². The van der Waals surface area contributed by atoms with E-state index >= 15 is 0 Å². The summed E-state index contributed by atoms with van der Waals surface area (Å²) in [6.45, 7) is 4.02. The third kappa shape index (κ3) is 3.46. The molecule has 0 aliphatic carbocycles. The van der Waals surface area contributed by atoms with E-state index in [1.807, 2.05) is 37.4 Å². The lowest BCUT2D eigenvalue weighted by atomic mass is 10.0. The van der Waals surface area contributed by atoms with Crippen LogP contribution in [0.5, 0.6) is 0 Å². The van der Waals surface area contributed by atoms with Crippen molar-refractivity contribution in [2.75, 3.05) is 5.32 Å². The molecule has 1 amide bonds. The molecule has 5 nitrogen and oxygen atoms in total. The van der Waals surface area contributed by atoms with E-state index in [0.717, 1.165) is 33.2 Å². The number of carbonyl (C=O) groups excluding carboxylic acids is 1. The Morgan fingerprint density at radius 2 is 1.90 bits per heavy atom. The van der Waals surface area contributed by atoms with Gasteiger partial charge in [-0.15, -0.1) is 11.3 Å². The lowest BCUT2D eigenvalue weighted by molar-refractivity contribution is -0.115. The highest BCUT2D eigenvalue weighted by molar-refractivity contribution is 7.14. The molecule has 5 rings (SSSR count). The van der Waals surface area contributed by atoms with Crippen LogP contribution in [0.3, 0.4) is 0 Å². The normalized spacial score (nSPS) is 11.3. The Balaban J connectivity index is 1.34. The number of carbonyl (C=O) groups is 1. The number of amides is 1. The van der Waals surface area contributed by atoms with E-state index in [-0.39, 0.29) is 12.3 Å². The van der Waals surface area contributed by atoms with Crippen molar-refractivity contribution in [1.29, 1.82) is 0 Å². The van der Waals surface area contributed by atoms with Crippen LogP contribution in [0.25, 0.3) is 33.0 Å². The number of benzene rings is 3. The number of aryl methyl sites for hydroxylation is 2. The molecule has 0 saturated heterocycles. The first kappa shape index (κ1) is 18.5. The maximum atomic E-state index is 12.6. The molecule has 2 aromatic heterocycles. The van der Waals surface area contributed by atoms with Gasteiger partial charge in [-0.05, 0) is 47.9 Å². The van der Waals surface area contributed by atoms with Gasteiger partial charge in [-0.2, -0.15) is 0 Å². The number of thiazole rings is 1. The summed E-state index contributed by atoms with van der Waals surface area (Å²) in [6, 6.07) is 18.5. The fraction of sp³-hybridized carbons (Fsp3) is 0.125. The minimum Gasteiger partial charge on any atom is -0.356 e. The van der Waals surface area contributed by atoms with E-state index in [1.165, 1.54) is 16.7 Å². The first-order valence-electron chi connectivity index (χ1n) is 9.67. The summed E-state index contributed by atoms with van der Waals surface area (Å²) in [5, 5.41) is 12.8. The van der Waals surface area contributed by atoms with Gasteiger partial charge in [0.05, 0.1) is 12.1 Å². The zero-order valence-corrected chi connectivity index (χ0v) is 17.4. The van der Waals surface area contributed by atoms with E-state index in [4.69, 9.17) is 4.52 Å². The number of hydrogen-bond acceptors (Lipinski definition) is 5. The summed E-state index contributed by atoms with van der Waals surface area (Å²) in [6.07, 6.45) is 0.141. The summed E-state index contributed by atoms with van der Waals surface area (Å²) in [7, 11) is 0. The lowest BCUT2D eigenvalue weighted by Gasteiger charge is -2.02. The topological polar surface area (TPSA) is 68.0 Å². The standard InChI is InChI=1S/C24H19N3O2S/c1-14-9-15(2)23-19(27-29-21(23)10-14)12-22(28)26-24-25-20(13-30-24)18-8-7-16-5-3-4-6-17(16)11-18/h3-11,13H,12H2,1-2H3,(H,25,26,28). The Morgan fingerprint density at radius 3 is 2.77 bits per heavy atom. The monoisotopic (exact) mass is 413 g/mol. The molecule has 5 aromatic rings. The van der Waals surface area contributed by atoms with Gasteiger partial charge in [-0.25, -0.2) is 4.98 Å². The van der Waals surface area contributed by atoms with Crippen molar-refractivity contribution in [1.82, 2.24) is 10.1 Å². The van der Waals surface area contributed by atoms with Crippen molar-refractivity contribution in [3.8, 4) is 11.3 Å². The van der Waals surface area contributed by atoms with Gasteiger partial charge in [0, 0.05) is 16.3 Å². The van der Waals surface area contributed by atoms with Gasteiger partial charge in [0.1, 0.15) is 5.69 Å². The summed E-state index contributed by atoms with van der Waals surface area (Å²) >= 11 is 1.41. The zero-order valence-electron chi connectivity index (χ0n) is 16.6. The van der Waals surface area contributed by atoms with Crippen LogP contribution >= 0.6 is 11.3 Å². The van der Waals surface area contributed by atoms with E-state index in [0.29, 0.717) is 16.4 Å². The molecule has 0 bridgehead atoms. The summed E-state index contributed by atoms with van der Waals surface area (Å²) < 4.78 is 5.42. The molecular weight excluding hydrogens is 394 g/mol. The van der Waals surface area contributed by atoms with Gasteiger partial charge in [-0.1, -0.05) is 47.6 Å². The predicted octanol–water partition coefficient (Wildman–Crippen LogP) is 5.90. The summed E-state index contributed by atoms with van der Waals surface area (Å²) in [5.74, 6) is -0.162. The Hall–Kier alpha value is -3.51. The average molecular weight is 414 g/mol. The molecule has 0 spiro atoms. The van der Waals surface area contributed by atoms with Crippen LogP contribution in [-0.4, -0.2) is 16.0 Å². The van der Waals surface area contributed by atoms with Crippen molar-refractivity contribution in [2.45, 2.75) is 20.3 Å². The zero-order chi connectivity index (χ0) is 20.7. The average Bonchev–Trinajstić information content (AvgIpc) is 3.35. The molecule has 3 aromatic carbocycles. The van der Waals surface area contributed by atoms with Crippen molar-refractivity contribution in [2.24, 2.45) is 0 Å². The largest absolute Gasteiger partial charge is 0.356 e. The minimum absolute atomic E-state index is 0.141. The Labute approximate surface area is 177 Å². The van der Waals surface area contributed by atoms with E-state index in [9.17, 15) is 4.79 Å². The Morgan fingerprint density at radius 1 is 1.07 bits per heavy atom. The molecular formula is C24H19N3O2S. The first-order valence-corrected chi connectivity index (χ1v) is 10.5. The molecule has 148 valence electrons. The number of rotatable bonds is 4. The lowest BCUT2D eigenvalue weighted by Crippen LogP contribution is -2.14. The van der Waals surface area contributed by atoms with Gasteiger partial charge >= 0.3 is 0 Å². The molecule has 0 unspecified atom stereocenters. The van der Waals surface area contributed by atoms with Gasteiger partial charge in [0.25, 0.3) is 0 Å². The minimum atomic E-state index is -0.162. The van der Waals surface area contributed by atoms with Crippen molar-refractivity contribution < 1.29 is 9.32 Å². The molecule has 0 aliphatic rings. The fourth-order valence-corrected chi connectivity index (χ4v) is 4.50. The maximum absolute atomic E-state index is 12.6. The quantitative estimate of drug-likeness (QED) is 0.398. The van der Waals surface area contributed by atoms with Gasteiger partial charge in [0.15, 0.2) is 10.7 Å². The van der Waals surface area contributed by atoms with E-state index in [1.54, 1.807) is 0 Å². The van der Waals surface area contributed by atoms with Crippen LogP contribution in [0.2, 0.25) is 0 Å². The van der Waals surface area contributed by atoms with Crippen LogP contribution in [-0.2, 0) is 11.2 Å². The molecule has 6 heteroatoms. The van der Waals surface area contributed by atoms with Gasteiger partial charge < -0.3 is 9.84 Å². The molecule has 1 N–H and O–H groups in total. The maximum Gasteiger partial charge on any atom is 0.232 e. The second kappa shape index (κ2) is 7.39. The summed E-state index contributed by atoms with van der Waals surface area (Å²) in [5.41, 5.74) is 5.39. The highest BCUT2D eigenvalue weighted by Crippen LogP contribution is 2.28. The van der Waals surface area contributed by atoms with Crippen molar-refractivity contribution >= 4 is 44.1 Å². The highest BCUT2D eigenvalue weighted by Gasteiger charge is 2.16. The highest BCUT2D eigenvalue weighted by atomic mass is 32.1. The van der Waals surface area contributed by atoms with Crippen LogP contribution in [0.1, 0.15) is 16.8 Å². The van der Waals surface area contributed by atoms with Crippen LogP contribution in [0.4, 0.5) is 5.13 Å². The molecule has 0 saturated carbocycles. The first-order chi connectivity index (χ1) is 14.6. The van der Waals surface area contributed by atoms with Crippen LogP contribution in [0, 0.1) is 13.8 Å². The fourth-order valence-electron chi connectivity index (χ4n) is 3.77. The van der Waals surface area contributed by atoms with Crippen molar-refractivity contribution in [3.05, 3.63) is 76.8 Å². The second-order valence-electron chi connectivity index (χ2n) is 7.41. The van der Waals surface area contributed by atoms with Crippen LogP contribution < -0.4 is 5.32 Å². The number of anilines is 1. The third-order valence-electron chi connectivity index (χ3n) is 5.11.